The summed E-state index contributed by atoms with van der Waals surface area (Å²) in [5.41, 5.74) is 5.32. The summed E-state index contributed by atoms with van der Waals surface area (Å²) in [6.07, 6.45) is -1.05. The van der Waals surface area contributed by atoms with Crippen LogP contribution in [0.2, 0.25) is 0 Å². The Kier molecular flexibility index (Phi) is 7.64. The molecule has 2 atom stereocenters. The van der Waals surface area contributed by atoms with Gasteiger partial charge in [0.25, 0.3) is 0 Å². The normalized spacial score (nSPS) is 13.7. The molecule has 1 amide bonds. The van der Waals surface area contributed by atoms with Crippen LogP contribution in [0, 0.1) is 0 Å². The first-order valence-electron chi connectivity index (χ1n) is 5.37. The smallest absolute Gasteiger partial charge is 0.326 e. The van der Waals surface area contributed by atoms with Crippen molar-refractivity contribution < 1.29 is 29.3 Å². The van der Waals surface area contributed by atoms with Gasteiger partial charge in [0.05, 0.1) is 12.5 Å². The zero-order chi connectivity index (χ0) is 14.1. The predicted molar refractivity (Wildman–Crippen MR) is 60.9 cm³/mol. The third kappa shape index (κ3) is 6.81. The molecule has 1 unspecified atom stereocenters. The molecule has 104 valence electrons. The van der Waals surface area contributed by atoms with Crippen LogP contribution < -0.4 is 11.1 Å². The molecule has 0 rings (SSSR count). The SMILES string of the molecule is COC(CN)CC(=O)N[C@@H](CCC(=O)O)C(=O)O. The number of carbonyl (C=O) groups excluding carboxylic acids is 1. The minimum Gasteiger partial charge on any atom is -0.481 e. The molecule has 8 heteroatoms. The number of hydrogen-bond acceptors (Lipinski definition) is 5. The maximum atomic E-state index is 11.5. The van der Waals surface area contributed by atoms with E-state index in [1.54, 1.807) is 0 Å². The summed E-state index contributed by atoms with van der Waals surface area (Å²) in [5, 5.41) is 19.5. The predicted octanol–water partition coefficient (Wildman–Crippen LogP) is -1.22. The van der Waals surface area contributed by atoms with Crippen LogP contribution in [0.5, 0.6) is 0 Å². The fraction of sp³-hybridized carbons (Fsp3) is 0.700. The molecule has 0 saturated carbocycles. The van der Waals surface area contributed by atoms with Gasteiger partial charge in [-0.15, -0.1) is 0 Å². The Balaban J connectivity index is 4.27. The molecule has 0 saturated heterocycles. The number of aliphatic carboxylic acids is 2. The number of hydrogen-bond donors (Lipinski definition) is 4. The molecule has 0 spiro atoms. The monoisotopic (exact) mass is 262 g/mol. The lowest BCUT2D eigenvalue weighted by atomic mass is 10.1. The van der Waals surface area contributed by atoms with Crippen LogP contribution in [0.25, 0.3) is 0 Å². The van der Waals surface area contributed by atoms with Crippen molar-refractivity contribution in [3.63, 3.8) is 0 Å². The van der Waals surface area contributed by atoms with Gasteiger partial charge in [0.15, 0.2) is 0 Å². The molecule has 18 heavy (non-hydrogen) atoms. The van der Waals surface area contributed by atoms with Crippen molar-refractivity contribution >= 4 is 17.8 Å². The van der Waals surface area contributed by atoms with Crippen LogP contribution >= 0.6 is 0 Å². The van der Waals surface area contributed by atoms with Crippen LogP contribution in [0.1, 0.15) is 19.3 Å². The van der Waals surface area contributed by atoms with E-state index < -0.39 is 30.0 Å². The quantitative estimate of drug-likeness (QED) is 0.408. The van der Waals surface area contributed by atoms with Gasteiger partial charge >= 0.3 is 11.9 Å². The zero-order valence-corrected chi connectivity index (χ0v) is 10.1. The summed E-state index contributed by atoms with van der Waals surface area (Å²) in [5.74, 6) is -2.93. The maximum Gasteiger partial charge on any atom is 0.326 e. The summed E-state index contributed by atoms with van der Waals surface area (Å²) in [4.78, 5) is 32.6. The van der Waals surface area contributed by atoms with E-state index in [0.717, 1.165) is 0 Å². The van der Waals surface area contributed by atoms with Crippen molar-refractivity contribution in [1.82, 2.24) is 5.32 Å². The molecule has 0 aliphatic rings. The van der Waals surface area contributed by atoms with Crippen LogP contribution in [0.15, 0.2) is 0 Å². The molecule has 8 nitrogen and oxygen atoms in total. The molecule has 5 N–H and O–H groups in total. The number of amides is 1. The second-order valence-electron chi connectivity index (χ2n) is 3.69. The van der Waals surface area contributed by atoms with Crippen molar-refractivity contribution in [3.8, 4) is 0 Å². The minimum atomic E-state index is -1.27. The van der Waals surface area contributed by atoms with Gasteiger partial charge in [0, 0.05) is 20.1 Å². The number of ether oxygens (including phenoxy) is 1. The Morgan fingerprint density at radius 2 is 1.94 bits per heavy atom. The molecule has 0 heterocycles. The minimum absolute atomic E-state index is 0.0656. The van der Waals surface area contributed by atoms with E-state index in [1.807, 2.05) is 0 Å². The van der Waals surface area contributed by atoms with Crippen LogP contribution in [0.4, 0.5) is 0 Å². The summed E-state index contributed by atoms with van der Waals surface area (Å²) >= 11 is 0. The molecular formula is C10H18N2O6. The van der Waals surface area contributed by atoms with E-state index in [0.29, 0.717) is 0 Å². The van der Waals surface area contributed by atoms with Gasteiger partial charge in [-0.3, -0.25) is 9.59 Å². The molecule has 0 aromatic rings. The number of carboxylic acids is 2. The highest BCUT2D eigenvalue weighted by atomic mass is 16.5. The number of rotatable bonds is 9. The Labute approximate surface area is 104 Å². The molecule has 0 aliphatic carbocycles. The highest BCUT2D eigenvalue weighted by Gasteiger charge is 2.22. The zero-order valence-electron chi connectivity index (χ0n) is 10.1. The highest BCUT2D eigenvalue weighted by Crippen LogP contribution is 2.01. The van der Waals surface area contributed by atoms with Gasteiger partial charge in [0.2, 0.25) is 5.91 Å². The Hall–Kier alpha value is -1.67. The van der Waals surface area contributed by atoms with Crippen LogP contribution in [-0.4, -0.2) is 53.9 Å². The number of nitrogens with one attached hydrogen (secondary N) is 1. The second-order valence-corrected chi connectivity index (χ2v) is 3.69. The highest BCUT2D eigenvalue weighted by molar-refractivity contribution is 5.84. The average Bonchev–Trinajstić information content (AvgIpc) is 2.30. The van der Waals surface area contributed by atoms with E-state index in [1.165, 1.54) is 7.11 Å². The Bertz CT molecular complexity index is 303. The number of carbonyl (C=O) groups is 3. The van der Waals surface area contributed by atoms with Crippen molar-refractivity contribution in [2.24, 2.45) is 5.73 Å². The molecule has 0 aliphatic heterocycles. The Morgan fingerprint density at radius 1 is 1.33 bits per heavy atom. The van der Waals surface area contributed by atoms with E-state index >= 15 is 0 Å². The van der Waals surface area contributed by atoms with Gasteiger partial charge in [0.1, 0.15) is 6.04 Å². The lowest BCUT2D eigenvalue weighted by Crippen LogP contribution is -2.43. The first kappa shape index (κ1) is 16.3. The molecule has 0 bridgehead atoms. The molecule has 0 fully saturated rings. The van der Waals surface area contributed by atoms with E-state index in [2.05, 4.69) is 5.32 Å². The Morgan fingerprint density at radius 3 is 2.33 bits per heavy atom. The summed E-state index contributed by atoms with van der Waals surface area (Å²) in [6.45, 7) is 0.136. The standard InChI is InChI=1S/C10H18N2O6/c1-18-6(5-11)4-8(13)12-7(10(16)17)2-3-9(14)15/h6-7H,2-5,11H2,1H3,(H,12,13)(H,14,15)(H,16,17)/t6?,7-/m0/s1. The van der Waals surface area contributed by atoms with Gasteiger partial charge in [-0.2, -0.15) is 0 Å². The average molecular weight is 262 g/mol. The van der Waals surface area contributed by atoms with Crippen LogP contribution in [0.3, 0.4) is 0 Å². The van der Waals surface area contributed by atoms with E-state index in [4.69, 9.17) is 20.7 Å². The van der Waals surface area contributed by atoms with Gasteiger partial charge < -0.3 is 26.0 Å². The summed E-state index contributed by atoms with van der Waals surface area (Å²) in [7, 11) is 1.39. The third-order valence-electron chi connectivity index (χ3n) is 2.29. The van der Waals surface area contributed by atoms with Crippen molar-refractivity contribution in [3.05, 3.63) is 0 Å². The first-order chi connectivity index (χ1) is 8.40. The van der Waals surface area contributed by atoms with Gasteiger partial charge in [-0.1, -0.05) is 0 Å². The van der Waals surface area contributed by atoms with E-state index in [9.17, 15) is 14.4 Å². The molecular weight excluding hydrogens is 244 g/mol. The third-order valence-corrected chi connectivity index (χ3v) is 2.29. The van der Waals surface area contributed by atoms with E-state index in [-0.39, 0.29) is 25.8 Å². The molecule has 0 aromatic carbocycles. The number of nitrogens with two attached hydrogens (primary N) is 1. The van der Waals surface area contributed by atoms with Crippen molar-refractivity contribution in [1.29, 1.82) is 0 Å². The van der Waals surface area contributed by atoms with Crippen molar-refractivity contribution in [2.75, 3.05) is 13.7 Å². The van der Waals surface area contributed by atoms with Crippen molar-refractivity contribution in [2.45, 2.75) is 31.4 Å². The number of methoxy groups -OCH3 is 1. The fourth-order valence-corrected chi connectivity index (χ4v) is 1.25. The largest absolute Gasteiger partial charge is 0.481 e. The van der Waals surface area contributed by atoms with Crippen LogP contribution in [-0.2, 0) is 19.1 Å². The topological polar surface area (TPSA) is 139 Å². The molecule has 0 aromatic heterocycles. The lowest BCUT2D eigenvalue weighted by molar-refractivity contribution is -0.143. The molecule has 0 radical (unpaired) electrons. The second kappa shape index (κ2) is 8.43. The number of carboxylic acid groups (broad SMARTS) is 2. The lowest BCUT2D eigenvalue weighted by Gasteiger charge is -2.16. The van der Waals surface area contributed by atoms with Gasteiger partial charge in [-0.25, -0.2) is 4.79 Å². The first-order valence-corrected chi connectivity index (χ1v) is 5.37. The summed E-state index contributed by atoms with van der Waals surface area (Å²) in [6, 6.07) is -1.22. The maximum absolute atomic E-state index is 11.5. The summed E-state index contributed by atoms with van der Waals surface area (Å²) < 4.78 is 4.88. The fourth-order valence-electron chi connectivity index (χ4n) is 1.25. The van der Waals surface area contributed by atoms with Gasteiger partial charge in [-0.05, 0) is 6.42 Å².